The molecule has 100 valence electrons. The van der Waals surface area contributed by atoms with Crippen LogP contribution in [0.2, 0.25) is 0 Å². The predicted molar refractivity (Wildman–Crippen MR) is 69.9 cm³/mol. The standard InChI is InChI=1S/C11H17N3O.CH2O2/c1-8(12)6-9-2-4-10(5-3-9)15-7-11(13)14;2-1-3/h2-5,8H,6-7,12H2,1H3,(H3,13,14);1H,(H,2,3). The fourth-order valence-corrected chi connectivity index (χ4v) is 1.25. The van der Waals surface area contributed by atoms with Crippen molar-refractivity contribution < 1.29 is 14.6 Å². The van der Waals surface area contributed by atoms with E-state index < -0.39 is 0 Å². The molecular formula is C12H19N3O3. The molecule has 0 radical (unpaired) electrons. The van der Waals surface area contributed by atoms with Gasteiger partial charge in [0.2, 0.25) is 0 Å². The molecule has 0 saturated carbocycles. The number of carbonyl (C=O) groups is 1. The maximum atomic E-state index is 8.36. The van der Waals surface area contributed by atoms with E-state index in [9.17, 15) is 0 Å². The molecular weight excluding hydrogens is 234 g/mol. The van der Waals surface area contributed by atoms with Crippen LogP contribution in [0, 0.1) is 5.41 Å². The Balaban J connectivity index is 0.000000873. The third kappa shape index (κ3) is 8.12. The predicted octanol–water partition coefficient (Wildman–Crippen LogP) is 0.592. The summed E-state index contributed by atoms with van der Waals surface area (Å²) in [7, 11) is 0. The van der Waals surface area contributed by atoms with Crippen LogP contribution < -0.4 is 16.2 Å². The number of hydrogen-bond acceptors (Lipinski definition) is 4. The van der Waals surface area contributed by atoms with Gasteiger partial charge in [0.1, 0.15) is 18.2 Å². The minimum absolute atomic E-state index is 0.0228. The Labute approximate surface area is 106 Å². The van der Waals surface area contributed by atoms with Crippen LogP contribution in [0.1, 0.15) is 12.5 Å². The second kappa shape index (κ2) is 9.00. The highest BCUT2D eigenvalue weighted by molar-refractivity contribution is 5.78. The number of benzene rings is 1. The third-order valence-electron chi connectivity index (χ3n) is 1.88. The van der Waals surface area contributed by atoms with Gasteiger partial charge in [0.05, 0.1) is 0 Å². The van der Waals surface area contributed by atoms with E-state index in [0.29, 0.717) is 0 Å². The molecule has 1 rings (SSSR count). The van der Waals surface area contributed by atoms with E-state index in [0.717, 1.165) is 12.2 Å². The molecule has 0 fully saturated rings. The van der Waals surface area contributed by atoms with E-state index in [4.69, 9.17) is 31.5 Å². The molecule has 1 aromatic carbocycles. The molecule has 1 unspecified atom stereocenters. The van der Waals surface area contributed by atoms with Gasteiger partial charge in [-0.1, -0.05) is 12.1 Å². The summed E-state index contributed by atoms with van der Waals surface area (Å²) in [6.45, 7) is 1.85. The van der Waals surface area contributed by atoms with Crippen LogP contribution in [0.25, 0.3) is 0 Å². The lowest BCUT2D eigenvalue weighted by atomic mass is 10.1. The molecule has 18 heavy (non-hydrogen) atoms. The van der Waals surface area contributed by atoms with Gasteiger partial charge in [-0.2, -0.15) is 0 Å². The van der Waals surface area contributed by atoms with Gasteiger partial charge in [-0.05, 0) is 31.0 Å². The Morgan fingerprint density at radius 2 is 2.00 bits per heavy atom. The minimum Gasteiger partial charge on any atom is -0.486 e. The average Bonchev–Trinajstić information content (AvgIpc) is 2.28. The largest absolute Gasteiger partial charge is 0.486 e. The van der Waals surface area contributed by atoms with Gasteiger partial charge < -0.3 is 21.3 Å². The van der Waals surface area contributed by atoms with Gasteiger partial charge in [0, 0.05) is 6.04 Å². The van der Waals surface area contributed by atoms with Crippen molar-refractivity contribution in [1.82, 2.24) is 0 Å². The van der Waals surface area contributed by atoms with Crippen LogP contribution in [0.4, 0.5) is 0 Å². The molecule has 0 saturated heterocycles. The second-order valence-electron chi connectivity index (χ2n) is 3.74. The van der Waals surface area contributed by atoms with Gasteiger partial charge in [-0.25, -0.2) is 0 Å². The second-order valence-corrected chi connectivity index (χ2v) is 3.74. The number of amidine groups is 1. The molecule has 0 aliphatic rings. The van der Waals surface area contributed by atoms with Crippen LogP contribution in [-0.4, -0.2) is 30.1 Å². The summed E-state index contributed by atoms with van der Waals surface area (Å²) in [5.41, 5.74) is 12.0. The summed E-state index contributed by atoms with van der Waals surface area (Å²) in [4.78, 5) is 8.36. The van der Waals surface area contributed by atoms with Crippen molar-refractivity contribution in [2.24, 2.45) is 11.5 Å². The molecule has 0 aliphatic heterocycles. The maximum absolute atomic E-state index is 8.36. The quantitative estimate of drug-likeness (QED) is 0.347. The zero-order valence-corrected chi connectivity index (χ0v) is 10.3. The first kappa shape index (κ1) is 15.9. The molecule has 1 aromatic rings. The lowest BCUT2D eigenvalue weighted by Gasteiger charge is -2.07. The number of carboxylic acid groups (broad SMARTS) is 1. The Morgan fingerprint density at radius 3 is 2.39 bits per heavy atom. The molecule has 6 N–H and O–H groups in total. The van der Waals surface area contributed by atoms with Gasteiger partial charge >= 0.3 is 0 Å². The Kier molecular flexibility index (Phi) is 7.96. The summed E-state index contributed by atoms with van der Waals surface area (Å²) in [5, 5.41) is 13.9. The molecule has 0 aliphatic carbocycles. The smallest absolute Gasteiger partial charge is 0.290 e. The molecule has 0 bridgehead atoms. The van der Waals surface area contributed by atoms with Crippen LogP contribution in [0.15, 0.2) is 24.3 Å². The van der Waals surface area contributed by atoms with Gasteiger partial charge in [0.25, 0.3) is 6.47 Å². The van der Waals surface area contributed by atoms with Crippen molar-refractivity contribution in [3.63, 3.8) is 0 Å². The van der Waals surface area contributed by atoms with Gasteiger partial charge in [0.15, 0.2) is 0 Å². The number of nitrogens with one attached hydrogen (secondary N) is 1. The molecule has 6 heteroatoms. The highest BCUT2D eigenvalue weighted by Gasteiger charge is 1.99. The number of nitrogens with two attached hydrogens (primary N) is 2. The average molecular weight is 253 g/mol. The van der Waals surface area contributed by atoms with Crippen molar-refractivity contribution in [3.8, 4) is 5.75 Å². The Morgan fingerprint density at radius 1 is 1.50 bits per heavy atom. The highest BCUT2D eigenvalue weighted by Crippen LogP contribution is 2.12. The number of ether oxygens (including phenoxy) is 1. The van der Waals surface area contributed by atoms with Gasteiger partial charge in [-0.3, -0.25) is 10.2 Å². The summed E-state index contributed by atoms with van der Waals surface area (Å²) in [6, 6.07) is 7.83. The topological polar surface area (TPSA) is 122 Å². The maximum Gasteiger partial charge on any atom is 0.290 e. The van der Waals surface area contributed by atoms with E-state index in [1.54, 1.807) is 0 Å². The van der Waals surface area contributed by atoms with Crippen molar-refractivity contribution in [1.29, 1.82) is 5.41 Å². The van der Waals surface area contributed by atoms with Crippen molar-refractivity contribution in [2.75, 3.05) is 6.61 Å². The summed E-state index contributed by atoms with van der Waals surface area (Å²) < 4.78 is 5.25. The molecule has 0 heterocycles. The molecule has 6 nitrogen and oxygen atoms in total. The van der Waals surface area contributed by atoms with E-state index in [1.807, 2.05) is 31.2 Å². The molecule has 1 atom stereocenters. The van der Waals surface area contributed by atoms with Crippen molar-refractivity contribution in [2.45, 2.75) is 19.4 Å². The summed E-state index contributed by atoms with van der Waals surface area (Å²) in [5.74, 6) is 0.744. The van der Waals surface area contributed by atoms with Crippen LogP contribution >= 0.6 is 0 Å². The van der Waals surface area contributed by atoms with E-state index >= 15 is 0 Å². The van der Waals surface area contributed by atoms with Crippen molar-refractivity contribution in [3.05, 3.63) is 29.8 Å². The number of rotatable bonds is 5. The van der Waals surface area contributed by atoms with Gasteiger partial charge in [-0.15, -0.1) is 0 Å². The molecule has 0 spiro atoms. The van der Waals surface area contributed by atoms with Crippen LogP contribution in [0.5, 0.6) is 5.75 Å². The Hall–Kier alpha value is -2.08. The SMILES string of the molecule is CC(N)Cc1ccc(OCC(=N)N)cc1.O=CO. The lowest BCUT2D eigenvalue weighted by molar-refractivity contribution is -0.122. The van der Waals surface area contributed by atoms with E-state index in [2.05, 4.69) is 0 Å². The van der Waals surface area contributed by atoms with Crippen LogP contribution in [-0.2, 0) is 11.2 Å². The molecule has 0 aromatic heterocycles. The fraction of sp³-hybridized carbons (Fsp3) is 0.333. The lowest BCUT2D eigenvalue weighted by Crippen LogP contribution is -2.19. The Bertz CT molecular complexity index is 363. The van der Waals surface area contributed by atoms with Crippen LogP contribution in [0.3, 0.4) is 0 Å². The van der Waals surface area contributed by atoms with Crippen molar-refractivity contribution >= 4 is 12.3 Å². The first-order valence-corrected chi connectivity index (χ1v) is 5.37. The monoisotopic (exact) mass is 253 g/mol. The first-order chi connectivity index (χ1) is 8.49. The van der Waals surface area contributed by atoms with E-state index in [1.165, 1.54) is 5.56 Å². The minimum atomic E-state index is -0.250. The zero-order chi connectivity index (χ0) is 14.0. The fourth-order valence-electron chi connectivity index (χ4n) is 1.25. The van der Waals surface area contributed by atoms with E-state index in [-0.39, 0.29) is 25.0 Å². The highest BCUT2D eigenvalue weighted by atomic mass is 16.5. The third-order valence-corrected chi connectivity index (χ3v) is 1.88. The molecule has 0 amide bonds. The summed E-state index contributed by atoms with van der Waals surface area (Å²) in [6.07, 6.45) is 0.854. The summed E-state index contributed by atoms with van der Waals surface area (Å²) >= 11 is 0. The first-order valence-electron chi connectivity index (χ1n) is 5.37. The zero-order valence-electron chi connectivity index (χ0n) is 10.3. The number of hydrogen-bond donors (Lipinski definition) is 4. The normalized spacial score (nSPS) is 10.8.